The molecule has 0 unspecified atom stereocenters. The predicted molar refractivity (Wildman–Crippen MR) is 79.7 cm³/mol. The van der Waals surface area contributed by atoms with E-state index < -0.39 is 0 Å². The van der Waals surface area contributed by atoms with Crippen molar-refractivity contribution in [2.75, 3.05) is 0 Å². The molecule has 4 nitrogen and oxygen atoms in total. The minimum Gasteiger partial charge on any atom is -0.275 e. The van der Waals surface area contributed by atoms with E-state index in [1.54, 1.807) is 4.68 Å². The van der Waals surface area contributed by atoms with E-state index in [1.807, 2.05) is 49.6 Å². The van der Waals surface area contributed by atoms with E-state index in [0.717, 1.165) is 5.56 Å². The first kappa shape index (κ1) is 13.1. The van der Waals surface area contributed by atoms with Gasteiger partial charge in [-0.05, 0) is 11.6 Å². The largest absolute Gasteiger partial charge is 0.275 e. The number of rotatable bonds is 2. The second kappa shape index (κ2) is 5.23. The highest BCUT2D eigenvalue weighted by Gasteiger charge is 2.15. The molecule has 0 aliphatic heterocycles. The predicted octanol–water partition coefficient (Wildman–Crippen LogP) is 3.85. The molecule has 3 rings (SSSR count). The molecule has 0 spiro atoms. The van der Waals surface area contributed by atoms with Gasteiger partial charge in [-0.3, -0.25) is 4.68 Å². The Morgan fingerprint density at radius 2 is 1.60 bits per heavy atom. The van der Waals surface area contributed by atoms with E-state index in [0.29, 0.717) is 27.4 Å². The van der Waals surface area contributed by atoms with Crippen LogP contribution in [0.4, 0.5) is 0 Å². The zero-order chi connectivity index (χ0) is 14.1. The van der Waals surface area contributed by atoms with Crippen molar-refractivity contribution in [2.45, 2.75) is 0 Å². The Balaban J connectivity index is 2.12. The van der Waals surface area contributed by atoms with Crippen LogP contribution in [-0.2, 0) is 7.05 Å². The van der Waals surface area contributed by atoms with Crippen molar-refractivity contribution < 1.29 is 0 Å². The van der Waals surface area contributed by atoms with E-state index in [9.17, 15) is 0 Å². The maximum atomic E-state index is 6.26. The topological polar surface area (TPSA) is 43.6 Å². The van der Waals surface area contributed by atoms with Gasteiger partial charge in [-0.1, -0.05) is 53.5 Å². The van der Waals surface area contributed by atoms with E-state index >= 15 is 0 Å². The van der Waals surface area contributed by atoms with Crippen molar-refractivity contribution in [2.24, 2.45) is 7.05 Å². The third kappa shape index (κ3) is 2.40. The molecule has 100 valence electrons. The van der Waals surface area contributed by atoms with Gasteiger partial charge < -0.3 is 0 Å². The van der Waals surface area contributed by atoms with Crippen LogP contribution in [0.25, 0.3) is 22.6 Å². The van der Waals surface area contributed by atoms with Gasteiger partial charge in [0.2, 0.25) is 0 Å². The molecule has 0 amide bonds. The third-order valence-corrected chi connectivity index (χ3v) is 3.37. The lowest BCUT2D eigenvalue weighted by atomic mass is 10.1. The summed E-state index contributed by atoms with van der Waals surface area (Å²) in [4.78, 5) is 8.58. The van der Waals surface area contributed by atoms with E-state index in [-0.39, 0.29) is 0 Å². The van der Waals surface area contributed by atoms with Gasteiger partial charge in [0, 0.05) is 13.2 Å². The number of aryl methyl sites for hydroxylation is 1. The lowest BCUT2D eigenvalue weighted by Gasteiger charge is -2.07. The second-order valence-corrected chi connectivity index (χ2v) is 4.96. The number of aromatic nitrogens is 4. The molecule has 2 heterocycles. The van der Waals surface area contributed by atoms with Crippen LogP contribution in [-0.4, -0.2) is 19.7 Å². The summed E-state index contributed by atoms with van der Waals surface area (Å²) in [5.74, 6) is 0.417. The van der Waals surface area contributed by atoms with E-state index in [1.165, 1.54) is 0 Å². The number of benzene rings is 1. The third-order valence-electron chi connectivity index (χ3n) is 2.83. The molecule has 0 saturated heterocycles. The molecule has 3 aromatic rings. The zero-order valence-electron chi connectivity index (χ0n) is 10.6. The fraction of sp³-hybridized carbons (Fsp3) is 0.0714. The average Bonchev–Trinajstić information content (AvgIpc) is 2.86. The molecule has 0 N–H and O–H groups in total. The highest BCUT2D eigenvalue weighted by atomic mass is 35.5. The van der Waals surface area contributed by atoms with E-state index in [4.69, 9.17) is 23.2 Å². The molecule has 0 aliphatic carbocycles. The van der Waals surface area contributed by atoms with Crippen LogP contribution >= 0.6 is 23.2 Å². The average molecular weight is 305 g/mol. The summed E-state index contributed by atoms with van der Waals surface area (Å²) >= 11 is 12.5. The summed E-state index contributed by atoms with van der Waals surface area (Å²) in [6.45, 7) is 0. The molecular formula is C14H10Cl2N4. The Labute approximate surface area is 126 Å². The maximum Gasteiger partial charge on any atom is 0.182 e. The maximum absolute atomic E-state index is 6.26. The summed E-state index contributed by atoms with van der Waals surface area (Å²) in [5.41, 5.74) is 2.15. The van der Waals surface area contributed by atoms with Gasteiger partial charge in [-0.25, -0.2) is 9.97 Å². The van der Waals surface area contributed by atoms with Crippen LogP contribution in [0.2, 0.25) is 10.3 Å². The molecule has 0 radical (unpaired) electrons. The number of halogens is 2. The van der Waals surface area contributed by atoms with Gasteiger partial charge >= 0.3 is 0 Å². The van der Waals surface area contributed by atoms with Gasteiger partial charge in [0.1, 0.15) is 16.0 Å². The molecule has 1 aromatic carbocycles. The van der Waals surface area contributed by atoms with Crippen LogP contribution in [0.15, 0.2) is 42.6 Å². The molecule has 0 bridgehead atoms. The lowest BCUT2D eigenvalue weighted by molar-refractivity contribution is 0.768. The van der Waals surface area contributed by atoms with Crippen LogP contribution < -0.4 is 0 Å². The normalized spacial score (nSPS) is 10.8. The fourth-order valence-electron chi connectivity index (χ4n) is 1.90. The van der Waals surface area contributed by atoms with E-state index in [2.05, 4.69) is 15.1 Å². The Morgan fingerprint density at radius 1 is 0.950 bits per heavy atom. The van der Waals surface area contributed by atoms with Gasteiger partial charge in [0.15, 0.2) is 5.82 Å². The van der Waals surface area contributed by atoms with Gasteiger partial charge in [0.05, 0.1) is 5.56 Å². The highest BCUT2D eigenvalue weighted by molar-refractivity contribution is 6.37. The molecule has 2 aromatic heterocycles. The van der Waals surface area contributed by atoms with Gasteiger partial charge in [0.25, 0.3) is 0 Å². The summed E-state index contributed by atoms with van der Waals surface area (Å²) in [5, 5.41) is 4.87. The van der Waals surface area contributed by atoms with Crippen molar-refractivity contribution in [3.63, 3.8) is 0 Å². The summed E-state index contributed by atoms with van der Waals surface area (Å²) in [7, 11) is 1.82. The molecule has 0 fully saturated rings. The quantitative estimate of drug-likeness (QED) is 0.675. The molecule has 0 atom stereocenters. The van der Waals surface area contributed by atoms with Gasteiger partial charge in [-0.15, -0.1) is 0 Å². The van der Waals surface area contributed by atoms with Crippen LogP contribution in [0.5, 0.6) is 0 Å². The number of nitrogens with zero attached hydrogens (tertiary/aromatic N) is 4. The Kier molecular flexibility index (Phi) is 3.42. The first-order chi connectivity index (χ1) is 9.65. The molecule has 20 heavy (non-hydrogen) atoms. The van der Waals surface area contributed by atoms with Crippen molar-refractivity contribution in [1.29, 1.82) is 0 Å². The standard InChI is InChI=1S/C14H10Cl2N4/c1-20-8-7-10(19-20)14-17-12(15)11(13(16)18-14)9-5-3-2-4-6-9/h2-8H,1H3. The van der Waals surface area contributed by atoms with Crippen molar-refractivity contribution >= 4 is 23.2 Å². The van der Waals surface area contributed by atoms with Crippen LogP contribution in [0.3, 0.4) is 0 Å². The van der Waals surface area contributed by atoms with Crippen LogP contribution in [0, 0.1) is 0 Å². The Morgan fingerprint density at radius 3 is 2.15 bits per heavy atom. The second-order valence-electron chi connectivity index (χ2n) is 4.24. The smallest absolute Gasteiger partial charge is 0.182 e. The number of hydrogen-bond acceptors (Lipinski definition) is 3. The minimum atomic E-state index is 0.317. The summed E-state index contributed by atoms with van der Waals surface area (Å²) in [6.07, 6.45) is 1.81. The summed E-state index contributed by atoms with van der Waals surface area (Å²) in [6, 6.07) is 11.4. The minimum absolute atomic E-state index is 0.317. The zero-order valence-corrected chi connectivity index (χ0v) is 12.1. The van der Waals surface area contributed by atoms with Crippen molar-refractivity contribution in [3.05, 3.63) is 52.9 Å². The van der Waals surface area contributed by atoms with Gasteiger partial charge in [-0.2, -0.15) is 5.10 Å². The summed E-state index contributed by atoms with van der Waals surface area (Å²) < 4.78 is 1.67. The van der Waals surface area contributed by atoms with Crippen molar-refractivity contribution in [3.8, 4) is 22.6 Å². The first-order valence-electron chi connectivity index (χ1n) is 5.93. The molecule has 6 heteroatoms. The molecular weight excluding hydrogens is 295 g/mol. The van der Waals surface area contributed by atoms with Crippen LogP contribution in [0.1, 0.15) is 0 Å². The highest BCUT2D eigenvalue weighted by Crippen LogP contribution is 2.33. The Bertz CT molecular complexity index is 730. The SMILES string of the molecule is Cn1ccc(-c2nc(Cl)c(-c3ccccc3)c(Cl)n2)n1. The first-order valence-corrected chi connectivity index (χ1v) is 6.69. The fourth-order valence-corrected chi connectivity index (χ4v) is 2.51. The monoisotopic (exact) mass is 304 g/mol. The number of hydrogen-bond donors (Lipinski definition) is 0. The van der Waals surface area contributed by atoms with Crippen molar-refractivity contribution in [1.82, 2.24) is 19.7 Å². The Hall–Kier alpha value is -1.91. The molecule has 0 saturated carbocycles. The lowest BCUT2D eigenvalue weighted by Crippen LogP contribution is -1.96. The molecule has 0 aliphatic rings.